The third kappa shape index (κ3) is 3.13. The fourth-order valence-electron chi connectivity index (χ4n) is 2.40. The Morgan fingerprint density at radius 1 is 1.44 bits per heavy atom. The molecule has 10 heteroatoms. The second-order valence-corrected chi connectivity index (χ2v) is 6.34. The van der Waals surface area contributed by atoms with Crippen molar-refractivity contribution in [3.63, 3.8) is 0 Å². The number of non-ortho nitro benzene ring substituents is 1. The normalized spacial score (nSPS) is 10.7. The molecule has 0 fully saturated rings. The van der Waals surface area contributed by atoms with Gasteiger partial charge in [-0.05, 0) is 53.3 Å². The van der Waals surface area contributed by atoms with Crippen molar-refractivity contribution in [3.05, 3.63) is 55.5 Å². The van der Waals surface area contributed by atoms with Gasteiger partial charge in [0, 0.05) is 15.3 Å². The number of hydrogen-bond acceptors (Lipinski definition) is 8. The summed E-state index contributed by atoms with van der Waals surface area (Å²) in [5.74, 6) is 4.03. The van der Waals surface area contributed by atoms with Crippen LogP contribution in [-0.2, 0) is 4.84 Å². The number of benzene rings is 2. The number of nitro groups is 1. The molecule has 0 aliphatic carbocycles. The van der Waals surface area contributed by atoms with Crippen LogP contribution >= 0.6 is 22.6 Å². The van der Waals surface area contributed by atoms with Crippen LogP contribution in [0.3, 0.4) is 0 Å². The molecule has 0 spiro atoms. The van der Waals surface area contributed by atoms with E-state index in [0.29, 0.717) is 5.69 Å². The summed E-state index contributed by atoms with van der Waals surface area (Å²) >= 11 is 2.18. The van der Waals surface area contributed by atoms with Gasteiger partial charge in [-0.2, -0.15) is 5.90 Å². The first-order chi connectivity index (χ1) is 11.9. The Labute approximate surface area is 154 Å². The Kier molecular flexibility index (Phi) is 4.55. The highest BCUT2D eigenvalue weighted by Crippen LogP contribution is 2.37. The molecule has 25 heavy (non-hydrogen) atoms. The van der Waals surface area contributed by atoms with Crippen LogP contribution in [0.25, 0.3) is 11.1 Å². The molecular weight excluding hydrogens is 443 g/mol. The summed E-state index contributed by atoms with van der Waals surface area (Å²) in [5, 5.41) is 14.3. The molecule has 1 heterocycles. The number of carbonyl (C=O) groups excluding carboxylic acids is 1. The first-order valence-electron chi connectivity index (χ1n) is 6.91. The lowest BCUT2D eigenvalue weighted by molar-refractivity contribution is -0.383. The van der Waals surface area contributed by atoms with Crippen LogP contribution in [-0.4, -0.2) is 15.9 Å². The molecule has 3 aromatic rings. The maximum Gasteiger partial charge on any atom is 0.359 e. The molecule has 0 aliphatic heterocycles. The number of nitrogens with one attached hydrogen (secondary N) is 1. The average molecular weight is 454 g/mol. The molecule has 3 rings (SSSR count). The molecule has 2 aromatic carbocycles. The monoisotopic (exact) mass is 454 g/mol. The Hall–Kier alpha value is -2.73. The molecule has 3 N–H and O–H groups in total. The van der Waals surface area contributed by atoms with Gasteiger partial charge in [0.15, 0.2) is 17.5 Å². The average Bonchev–Trinajstić information content (AvgIpc) is 3.05. The maximum absolute atomic E-state index is 12.0. The van der Waals surface area contributed by atoms with Crippen molar-refractivity contribution >= 4 is 56.7 Å². The largest absolute Gasteiger partial charge is 0.441 e. The van der Waals surface area contributed by atoms with E-state index in [9.17, 15) is 14.9 Å². The lowest BCUT2D eigenvalue weighted by atomic mass is 10.1. The summed E-state index contributed by atoms with van der Waals surface area (Å²) in [7, 11) is 0. The molecule has 0 radical (unpaired) electrons. The van der Waals surface area contributed by atoms with Crippen LogP contribution in [0.5, 0.6) is 0 Å². The quantitative estimate of drug-likeness (QED) is 0.348. The second-order valence-electron chi connectivity index (χ2n) is 5.10. The number of hydrogen-bond donors (Lipinski definition) is 2. The summed E-state index contributed by atoms with van der Waals surface area (Å²) in [5.41, 5.74) is 1.36. The maximum atomic E-state index is 12.0. The summed E-state index contributed by atoms with van der Waals surface area (Å²) < 4.78 is 6.32. The van der Waals surface area contributed by atoms with Crippen LogP contribution in [0.2, 0.25) is 0 Å². The Morgan fingerprint density at radius 3 is 2.84 bits per heavy atom. The molecule has 0 atom stereocenters. The van der Waals surface area contributed by atoms with E-state index in [1.54, 1.807) is 0 Å². The van der Waals surface area contributed by atoms with Gasteiger partial charge in [0.05, 0.1) is 16.2 Å². The van der Waals surface area contributed by atoms with E-state index in [4.69, 9.17) is 10.3 Å². The molecule has 128 valence electrons. The highest BCUT2D eigenvalue weighted by Gasteiger charge is 2.27. The summed E-state index contributed by atoms with van der Waals surface area (Å²) in [6, 6.07) is 6.69. The van der Waals surface area contributed by atoms with Crippen molar-refractivity contribution in [1.29, 1.82) is 0 Å². The molecule has 0 saturated carbocycles. The predicted molar refractivity (Wildman–Crippen MR) is 97.4 cm³/mol. The van der Waals surface area contributed by atoms with Gasteiger partial charge in [-0.25, -0.2) is 9.78 Å². The molecule has 1 aromatic heterocycles. The van der Waals surface area contributed by atoms with E-state index in [-0.39, 0.29) is 28.0 Å². The molecule has 0 bridgehead atoms. The fourth-order valence-corrected chi connectivity index (χ4v) is 3.04. The van der Waals surface area contributed by atoms with Crippen molar-refractivity contribution in [3.8, 4) is 0 Å². The van der Waals surface area contributed by atoms with Gasteiger partial charge in [0.1, 0.15) is 0 Å². The van der Waals surface area contributed by atoms with Crippen molar-refractivity contribution < 1.29 is 19.0 Å². The van der Waals surface area contributed by atoms with Crippen molar-refractivity contribution in [1.82, 2.24) is 4.98 Å². The van der Waals surface area contributed by atoms with Crippen LogP contribution in [0, 0.1) is 20.6 Å². The van der Waals surface area contributed by atoms with Gasteiger partial charge in [0.25, 0.3) is 5.69 Å². The Morgan fingerprint density at radius 2 is 2.20 bits per heavy atom. The van der Waals surface area contributed by atoms with Crippen molar-refractivity contribution in [2.24, 2.45) is 5.90 Å². The minimum absolute atomic E-state index is 0.0178. The lowest BCUT2D eigenvalue weighted by Gasteiger charge is -2.13. The van der Waals surface area contributed by atoms with Gasteiger partial charge in [-0.1, -0.05) is 0 Å². The number of nitro benzene ring substituents is 1. The van der Waals surface area contributed by atoms with Crippen molar-refractivity contribution in [2.75, 3.05) is 5.32 Å². The number of halogens is 1. The number of aryl methyl sites for hydroxylation is 1. The highest BCUT2D eigenvalue weighted by molar-refractivity contribution is 14.1. The zero-order chi connectivity index (χ0) is 18.1. The first-order valence-corrected chi connectivity index (χ1v) is 7.99. The number of fused-ring (bicyclic) bond motifs is 1. The first kappa shape index (κ1) is 17.1. The molecule has 0 unspecified atom stereocenters. The minimum Gasteiger partial charge on any atom is -0.441 e. The number of rotatable bonds is 4. The van der Waals surface area contributed by atoms with Gasteiger partial charge in [-0.15, -0.1) is 0 Å². The number of oxazole rings is 1. The van der Waals surface area contributed by atoms with Gasteiger partial charge >= 0.3 is 5.97 Å². The smallest absolute Gasteiger partial charge is 0.359 e. The molecule has 0 saturated heterocycles. The topological polar surface area (TPSA) is 134 Å². The summed E-state index contributed by atoms with van der Waals surface area (Å²) in [4.78, 5) is 30.8. The molecule has 9 nitrogen and oxygen atoms in total. The van der Waals surface area contributed by atoms with Crippen LogP contribution in [0.15, 0.2) is 35.1 Å². The SMILES string of the molecule is Cc1cc(I)ccc1Nc1c(C(=O)ON)cc([N+](=O)[O-])c2ncoc12. The highest BCUT2D eigenvalue weighted by atomic mass is 127. The van der Waals surface area contributed by atoms with E-state index >= 15 is 0 Å². The Balaban J connectivity index is 2.25. The second kappa shape index (κ2) is 6.64. The standard InChI is InChI=1S/C15H11IN4O5/c1-7-4-8(16)2-3-10(7)19-12-9(15(21)25-17)5-11(20(22)23)13-14(12)24-6-18-13/h2-6,19H,17H2,1H3. The van der Waals surface area contributed by atoms with Gasteiger partial charge < -0.3 is 14.6 Å². The zero-order valence-corrected chi connectivity index (χ0v) is 14.9. The molecule has 0 amide bonds. The third-order valence-corrected chi connectivity index (χ3v) is 4.23. The van der Waals surface area contributed by atoms with Crippen LogP contribution in [0.1, 0.15) is 15.9 Å². The predicted octanol–water partition coefficient (Wildman–Crippen LogP) is 3.42. The summed E-state index contributed by atoms with van der Waals surface area (Å²) in [6.45, 7) is 1.88. The third-order valence-electron chi connectivity index (χ3n) is 3.56. The lowest BCUT2D eigenvalue weighted by Crippen LogP contribution is -2.13. The number of anilines is 2. The van der Waals surface area contributed by atoms with Gasteiger partial charge in [-0.3, -0.25) is 10.1 Å². The summed E-state index contributed by atoms with van der Waals surface area (Å²) in [6.07, 6.45) is 1.07. The number of carbonyl (C=O) groups is 1. The van der Waals surface area contributed by atoms with E-state index in [2.05, 4.69) is 37.7 Å². The van der Waals surface area contributed by atoms with Gasteiger partial charge in [0.2, 0.25) is 0 Å². The molecule has 0 aliphatic rings. The number of nitrogens with two attached hydrogens (primary N) is 1. The van der Waals surface area contributed by atoms with E-state index in [1.165, 1.54) is 0 Å². The molecular formula is C15H11IN4O5. The van der Waals surface area contributed by atoms with E-state index in [1.807, 2.05) is 25.1 Å². The van der Waals surface area contributed by atoms with Crippen LogP contribution < -0.4 is 11.2 Å². The Bertz CT molecular complexity index is 1000. The van der Waals surface area contributed by atoms with Crippen molar-refractivity contribution in [2.45, 2.75) is 6.92 Å². The minimum atomic E-state index is -0.938. The number of nitrogens with zero attached hydrogens (tertiary/aromatic N) is 2. The fraction of sp³-hybridized carbons (Fsp3) is 0.0667. The van der Waals surface area contributed by atoms with E-state index < -0.39 is 10.9 Å². The van der Waals surface area contributed by atoms with E-state index in [0.717, 1.165) is 21.6 Å². The number of aromatic nitrogens is 1. The van der Waals surface area contributed by atoms with Crippen LogP contribution in [0.4, 0.5) is 17.1 Å². The zero-order valence-electron chi connectivity index (χ0n) is 12.8.